The number of benzene rings is 2. The molecule has 2 aromatic carbocycles. The number of alkyl halides is 3. The lowest BCUT2D eigenvalue weighted by atomic mass is 10.1. The Morgan fingerprint density at radius 3 is 2.40 bits per heavy atom. The SMILES string of the molecule is CNC(=O)c1cnc(-n2c(=O)ccc3ccccc32)c(NC(=O)c2cc(F)cc(C(F)(F)F)c2)c1. The van der Waals surface area contributed by atoms with Gasteiger partial charge in [0.05, 0.1) is 22.3 Å². The Morgan fingerprint density at radius 2 is 1.69 bits per heavy atom. The molecule has 2 N–H and O–H groups in total. The Kier molecular flexibility index (Phi) is 6.08. The minimum Gasteiger partial charge on any atom is -0.355 e. The van der Waals surface area contributed by atoms with Crippen molar-refractivity contribution >= 4 is 28.4 Å². The summed E-state index contributed by atoms with van der Waals surface area (Å²) < 4.78 is 54.4. The fourth-order valence-corrected chi connectivity index (χ4v) is 3.48. The first kappa shape index (κ1) is 23.6. The van der Waals surface area contributed by atoms with E-state index in [9.17, 15) is 31.9 Å². The molecule has 2 amide bonds. The van der Waals surface area contributed by atoms with Gasteiger partial charge in [-0.1, -0.05) is 18.2 Å². The van der Waals surface area contributed by atoms with Gasteiger partial charge >= 0.3 is 6.18 Å². The second-order valence-electron chi connectivity index (χ2n) is 7.42. The van der Waals surface area contributed by atoms with Crippen molar-refractivity contribution in [3.05, 3.63) is 99.7 Å². The summed E-state index contributed by atoms with van der Waals surface area (Å²) in [6.45, 7) is 0. The highest BCUT2D eigenvalue weighted by atomic mass is 19.4. The number of nitrogens with one attached hydrogen (secondary N) is 2. The molecule has 0 unspecified atom stereocenters. The van der Waals surface area contributed by atoms with E-state index >= 15 is 0 Å². The molecule has 2 aromatic heterocycles. The third kappa shape index (κ3) is 4.74. The van der Waals surface area contributed by atoms with E-state index < -0.39 is 40.5 Å². The van der Waals surface area contributed by atoms with Crippen molar-refractivity contribution in [2.75, 3.05) is 12.4 Å². The summed E-state index contributed by atoms with van der Waals surface area (Å²) >= 11 is 0. The van der Waals surface area contributed by atoms with Crippen LogP contribution in [0.2, 0.25) is 0 Å². The van der Waals surface area contributed by atoms with Crippen molar-refractivity contribution in [2.45, 2.75) is 6.18 Å². The molecule has 0 atom stereocenters. The summed E-state index contributed by atoms with van der Waals surface area (Å²) in [5.74, 6) is -3.00. The van der Waals surface area contributed by atoms with Crippen molar-refractivity contribution in [3.63, 3.8) is 0 Å². The van der Waals surface area contributed by atoms with Crippen molar-refractivity contribution in [2.24, 2.45) is 0 Å². The molecule has 178 valence electrons. The van der Waals surface area contributed by atoms with Gasteiger partial charge < -0.3 is 10.6 Å². The maximum absolute atomic E-state index is 13.9. The Hall–Kier alpha value is -4.54. The van der Waals surface area contributed by atoms with Gasteiger partial charge in [-0.2, -0.15) is 13.2 Å². The fraction of sp³-hybridized carbons (Fsp3) is 0.0833. The zero-order chi connectivity index (χ0) is 25.3. The molecule has 4 aromatic rings. The maximum Gasteiger partial charge on any atom is 0.416 e. The number of para-hydroxylation sites is 1. The molecule has 2 heterocycles. The van der Waals surface area contributed by atoms with Gasteiger partial charge in [-0.15, -0.1) is 0 Å². The van der Waals surface area contributed by atoms with E-state index in [0.29, 0.717) is 23.0 Å². The molecule has 0 saturated carbocycles. The summed E-state index contributed by atoms with van der Waals surface area (Å²) in [7, 11) is 1.37. The molecular weight excluding hydrogens is 468 g/mol. The average molecular weight is 484 g/mol. The summed E-state index contributed by atoms with van der Waals surface area (Å²) in [5, 5.41) is 5.43. The van der Waals surface area contributed by atoms with E-state index in [1.165, 1.54) is 29.9 Å². The van der Waals surface area contributed by atoms with Gasteiger partial charge in [-0.3, -0.25) is 19.0 Å². The summed E-state index contributed by atoms with van der Waals surface area (Å²) in [6, 6.07) is 12.3. The molecule has 0 aliphatic carbocycles. The molecule has 0 bridgehead atoms. The zero-order valence-electron chi connectivity index (χ0n) is 18.0. The molecule has 0 fully saturated rings. The van der Waals surface area contributed by atoms with Gasteiger partial charge in [-0.25, -0.2) is 9.37 Å². The molecule has 0 radical (unpaired) electrons. The molecule has 7 nitrogen and oxygen atoms in total. The number of hydrogen-bond acceptors (Lipinski definition) is 4. The van der Waals surface area contributed by atoms with Crippen LogP contribution in [0.1, 0.15) is 26.3 Å². The molecule has 0 spiro atoms. The third-order valence-electron chi connectivity index (χ3n) is 5.11. The lowest BCUT2D eigenvalue weighted by Gasteiger charge is -2.16. The van der Waals surface area contributed by atoms with Crippen molar-refractivity contribution in [3.8, 4) is 5.82 Å². The molecule has 0 aliphatic heterocycles. The average Bonchev–Trinajstić information content (AvgIpc) is 2.83. The first-order valence-corrected chi connectivity index (χ1v) is 10.1. The smallest absolute Gasteiger partial charge is 0.355 e. The van der Waals surface area contributed by atoms with Gasteiger partial charge in [0, 0.05) is 24.9 Å². The number of carbonyl (C=O) groups excluding carboxylic acids is 2. The zero-order valence-corrected chi connectivity index (χ0v) is 18.0. The quantitative estimate of drug-likeness (QED) is 0.426. The maximum atomic E-state index is 13.9. The van der Waals surface area contributed by atoms with Crippen LogP contribution in [-0.2, 0) is 6.18 Å². The molecule has 35 heavy (non-hydrogen) atoms. The highest BCUT2D eigenvalue weighted by Gasteiger charge is 2.32. The Labute approximate surface area is 195 Å². The van der Waals surface area contributed by atoms with Crippen molar-refractivity contribution < 1.29 is 27.2 Å². The number of carbonyl (C=O) groups is 2. The van der Waals surface area contributed by atoms with E-state index in [4.69, 9.17) is 0 Å². The number of pyridine rings is 2. The van der Waals surface area contributed by atoms with Gasteiger partial charge in [0.25, 0.3) is 17.4 Å². The van der Waals surface area contributed by atoms with Gasteiger partial charge in [0.2, 0.25) is 0 Å². The number of nitrogens with zero attached hydrogens (tertiary/aromatic N) is 2. The molecule has 4 rings (SSSR count). The van der Waals surface area contributed by atoms with Gasteiger partial charge in [0.15, 0.2) is 5.82 Å². The topological polar surface area (TPSA) is 93.1 Å². The van der Waals surface area contributed by atoms with Crippen LogP contribution < -0.4 is 16.2 Å². The Balaban J connectivity index is 1.87. The van der Waals surface area contributed by atoms with E-state index in [-0.39, 0.29) is 23.1 Å². The number of aromatic nitrogens is 2. The number of amides is 2. The first-order valence-electron chi connectivity index (χ1n) is 10.1. The van der Waals surface area contributed by atoms with E-state index in [2.05, 4.69) is 15.6 Å². The molecule has 0 aliphatic rings. The van der Waals surface area contributed by atoms with Crippen LogP contribution in [-0.4, -0.2) is 28.4 Å². The Morgan fingerprint density at radius 1 is 0.943 bits per heavy atom. The van der Waals surface area contributed by atoms with Gasteiger partial charge in [-0.05, 0) is 41.8 Å². The predicted octanol–water partition coefficient (Wildman–Crippen LogP) is 4.16. The molecular formula is C24H16F4N4O3. The minimum absolute atomic E-state index is 0.00931. The number of anilines is 1. The van der Waals surface area contributed by atoms with Crippen LogP contribution in [0.25, 0.3) is 16.7 Å². The van der Waals surface area contributed by atoms with Crippen LogP contribution in [0, 0.1) is 5.82 Å². The van der Waals surface area contributed by atoms with E-state index in [1.54, 1.807) is 30.3 Å². The first-order chi connectivity index (χ1) is 16.6. The van der Waals surface area contributed by atoms with Crippen LogP contribution in [0.3, 0.4) is 0 Å². The second kappa shape index (κ2) is 9.01. The largest absolute Gasteiger partial charge is 0.416 e. The third-order valence-corrected chi connectivity index (χ3v) is 5.11. The van der Waals surface area contributed by atoms with Crippen molar-refractivity contribution in [1.29, 1.82) is 0 Å². The standard InChI is InChI=1S/C24H16F4N4O3/c1-29-22(34)15-10-18(31-23(35)14-8-16(24(26,27)28)11-17(25)9-14)21(30-12-15)32-19-5-3-2-4-13(19)6-7-20(32)33/h2-12H,1H3,(H,29,34)(H,31,35). The lowest BCUT2D eigenvalue weighted by Crippen LogP contribution is -2.24. The number of hydrogen-bond donors (Lipinski definition) is 2. The van der Waals surface area contributed by atoms with Crippen LogP contribution in [0.4, 0.5) is 23.2 Å². The predicted molar refractivity (Wildman–Crippen MR) is 120 cm³/mol. The molecule has 11 heteroatoms. The summed E-state index contributed by atoms with van der Waals surface area (Å²) in [6.07, 6.45) is -3.69. The minimum atomic E-state index is -4.88. The van der Waals surface area contributed by atoms with Crippen LogP contribution >= 0.6 is 0 Å². The molecule has 0 saturated heterocycles. The highest BCUT2D eigenvalue weighted by molar-refractivity contribution is 6.06. The van der Waals surface area contributed by atoms with E-state index in [1.807, 2.05) is 0 Å². The lowest BCUT2D eigenvalue weighted by molar-refractivity contribution is -0.137. The highest BCUT2D eigenvalue weighted by Crippen LogP contribution is 2.31. The van der Waals surface area contributed by atoms with Gasteiger partial charge in [0.1, 0.15) is 5.82 Å². The Bertz CT molecular complexity index is 1530. The van der Waals surface area contributed by atoms with Crippen LogP contribution in [0.5, 0.6) is 0 Å². The fourth-order valence-electron chi connectivity index (χ4n) is 3.48. The number of fused-ring (bicyclic) bond motifs is 1. The summed E-state index contributed by atoms with van der Waals surface area (Å²) in [4.78, 5) is 42.0. The number of halogens is 4. The number of rotatable bonds is 4. The monoisotopic (exact) mass is 484 g/mol. The van der Waals surface area contributed by atoms with Crippen LogP contribution in [0.15, 0.2) is 71.7 Å². The van der Waals surface area contributed by atoms with E-state index in [0.717, 1.165) is 0 Å². The van der Waals surface area contributed by atoms with Crippen molar-refractivity contribution in [1.82, 2.24) is 14.9 Å². The normalized spacial score (nSPS) is 11.3. The second-order valence-corrected chi connectivity index (χ2v) is 7.42. The summed E-state index contributed by atoms with van der Waals surface area (Å²) in [5.41, 5.74) is -2.17.